The number of methoxy groups -OCH3 is 2. The molecule has 0 aliphatic rings. The van der Waals surface area contributed by atoms with Gasteiger partial charge in [-0.25, -0.2) is 0 Å². The van der Waals surface area contributed by atoms with E-state index in [-0.39, 0.29) is 5.91 Å². The molecule has 2 rings (SSSR count). The Labute approximate surface area is 136 Å². The van der Waals surface area contributed by atoms with Crippen LogP contribution in [0.3, 0.4) is 0 Å². The second-order valence-electron chi connectivity index (χ2n) is 4.91. The Morgan fingerprint density at radius 2 is 1.78 bits per heavy atom. The lowest BCUT2D eigenvalue weighted by molar-refractivity contribution is 0.0946. The molecule has 0 spiro atoms. The van der Waals surface area contributed by atoms with Crippen molar-refractivity contribution in [1.82, 2.24) is 5.32 Å². The minimum atomic E-state index is -0.124. The topological polar surface area (TPSA) is 56.8 Å². The van der Waals surface area contributed by atoms with Crippen LogP contribution in [0.1, 0.15) is 15.9 Å². The Morgan fingerprint density at radius 1 is 1.04 bits per heavy atom. The Bertz CT molecular complexity index is 625. The van der Waals surface area contributed by atoms with E-state index in [1.807, 2.05) is 42.5 Å². The first-order valence-electron chi connectivity index (χ1n) is 7.36. The minimum Gasteiger partial charge on any atom is -0.497 e. The molecule has 0 radical (unpaired) electrons. The molecule has 23 heavy (non-hydrogen) atoms. The van der Waals surface area contributed by atoms with Crippen LogP contribution in [0.5, 0.6) is 11.5 Å². The van der Waals surface area contributed by atoms with Gasteiger partial charge >= 0.3 is 0 Å². The Hall–Kier alpha value is -2.53. The first-order chi connectivity index (χ1) is 11.2. The van der Waals surface area contributed by atoms with Crippen LogP contribution < -0.4 is 14.8 Å². The third-order valence-corrected chi connectivity index (χ3v) is 3.22. The Kier molecular flexibility index (Phi) is 6.44. The summed E-state index contributed by atoms with van der Waals surface area (Å²) in [5.41, 5.74) is 1.58. The highest BCUT2D eigenvalue weighted by atomic mass is 16.5. The number of carbonyl (C=O) groups excluding carboxylic acids is 1. The standard InChI is InChI=1S/C18H21NO4/c1-21-13-14-4-3-5-15(12-14)18(20)19-10-11-23-17-8-6-16(22-2)7-9-17/h3-9,12H,10-11,13H2,1-2H3,(H,19,20). The molecule has 0 unspecified atom stereocenters. The molecule has 0 fully saturated rings. The molecule has 0 aromatic heterocycles. The molecule has 0 atom stereocenters. The van der Waals surface area contributed by atoms with E-state index in [1.165, 1.54) is 0 Å². The third kappa shape index (κ3) is 5.30. The van der Waals surface area contributed by atoms with Crippen LogP contribution in [0, 0.1) is 0 Å². The van der Waals surface area contributed by atoms with Crippen LogP contribution in [-0.2, 0) is 11.3 Å². The van der Waals surface area contributed by atoms with Crippen LogP contribution in [0.15, 0.2) is 48.5 Å². The predicted octanol–water partition coefficient (Wildman–Crippen LogP) is 2.65. The molecule has 2 aromatic rings. The number of hydrogen-bond acceptors (Lipinski definition) is 4. The van der Waals surface area contributed by atoms with Crippen molar-refractivity contribution in [3.8, 4) is 11.5 Å². The fourth-order valence-electron chi connectivity index (χ4n) is 2.08. The molecule has 5 nitrogen and oxygen atoms in total. The van der Waals surface area contributed by atoms with Gasteiger partial charge in [-0.3, -0.25) is 4.79 Å². The largest absolute Gasteiger partial charge is 0.497 e. The van der Waals surface area contributed by atoms with Gasteiger partial charge in [0.2, 0.25) is 0 Å². The number of benzene rings is 2. The second-order valence-corrected chi connectivity index (χ2v) is 4.91. The van der Waals surface area contributed by atoms with Crippen LogP contribution in [0.4, 0.5) is 0 Å². The molecule has 0 aliphatic heterocycles. The minimum absolute atomic E-state index is 0.124. The Morgan fingerprint density at radius 3 is 2.48 bits per heavy atom. The van der Waals surface area contributed by atoms with Gasteiger partial charge in [-0.15, -0.1) is 0 Å². The molecule has 0 bridgehead atoms. The van der Waals surface area contributed by atoms with Crippen LogP contribution in [0.2, 0.25) is 0 Å². The molecule has 122 valence electrons. The lowest BCUT2D eigenvalue weighted by Crippen LogP contribution is -2.28. The number of amides is 1. The van der Waals surface area contributed by atoms with Gasteiger partial charge in [0, 0.05) is 12.7 Å². The fourth-order valence-corrected chi connectivity index (χ4v) is 2.08. The first kappa shape index (κ1) is 16.8. The summed E-state index contributed by atoms with van der Waals surface area (Å²) < 4.78 is 15.7. The quantitative estimate of drug-likeness (QED) is 0.761. The van der Waals surface area contributed by atoms with E-state index in [9.17, 15) is 4.79 Å². The van der Waals surface area contributed by atoms with E-state index < -0.39 is 0 Å². The summed E-state index contributed by atoms with van der Waals surface area (Å²) in [4.78, 5) is 12.1. The highest BCUT2D eigenvalue weighted by molar-refractivity contribution is 5.94. The van der Waals surface area contributed by atoms with Gasteiger partial charge in [0.25, 0.3) is 5.91 Å². The van der Waals surface area contributed by atoms with E-state index in [2.05, 4.69) is 5.32 Å². The average molecular weight is 315 g/mol. The zero-order chi connectivity index (χ0) is 16.5. The average Bonchev–Trinajstić information content (AvgIpc) is 2.59. The van der Waals surface area contributed by atoms with Crippen LogP contribution in [-0.4, -0.2) is 33.3 Å². The normalized spacial score (nSPS) is 10.2. The number of ether oxygens (including phenoxy) is 3. The molecule has 2 aromatic carbocycles. The van der Waals surface area contributed by atoms with Gasteiger partial charge in [-0.1, -0.05) is 12.1 Å². The lowest BCUT2D eigenvalue weighted by atomic mass is 10.1. The number of nitrogens with one attached hydrogen (secondary N) is 1. The summed E-state index contributed by atoms with van der Waals surface area (Å²) in [6.45, 7) is 1.32. The van der Waals surface area contributed by atoms with Crippen molar-refractivity contribution < 1.29 is 19.0 Å². The van der Waals surface area contributed by atoms with Crippen LogP contribution >= 0.6 is 0 Å². The number of carbonyl (C=O) groups is 1. The molecule has 0 saturated carbocycles. The number of hydrogen-bond donors (Lipinski definition) is 1. The van der Waals surface area contributed by atoms with Crippen molar-refractivity contribution in [3.63, 3.8) is 0 Å². The van der Waals surface area contributed by atoms with Crippen molar-refractivity contribution in [2.45, 2.75) is 6.61 Å². The van der Waals surface area contributed by atoms with E-state index in [0.717, 1.165) is 17.1 Å². The van der Waals surface area contributed by atoms with E-state index in [1.54, 1.807) is 20.3 Å². The summed E-state index contributed by atoms with van der Waals surface area (Å²) in [6, 6.07) is 14.7. The van der Waals surface area contributed by atoms with E-state index in [4.69, 9.17) is 14.2 Å². The van der Waals surface area contributed by atoms with Gasteiger partial charge in [0.1, 0.15) is 18.1 Å². The van der Waals surface area contributed by atoms with Crippen molar-refractivity contribution in [1.29, 1.82) is 0 Å². The van der Waals surface area contributed by atoms with Crippen molar-refractivity contribution in [3.05, 3.63) is 59.7 Å². The highest BCUT2D eigenvalue weighted by Crippen LogP contribution is 2.16. The monoisotopic (exact) mass is 315 g/mol. The van der Waals surface area contributed by atoms with Crippen molar-refractivity contribution >= 4 is 5.91 Å². The summed E-state index contributed by atoms with van der Waals surface area (Å²) in [5, 5.41) is 2.83. The van der Waals surface area contributed by atoms with Gasteiger partial charge in [-0.2, -0.15) is 0 Å². The highest BCUT2D eigenvalue weighted by Gasteiger charge is 2.05. The summed E-state index contributed by atoms with van der Waals surface area (Å²) in [7, 11) is 3.25. The maximum absolute atomic E-state index is 12.1. The molecule has 0 saturated heterocycles. The predicted molar refractivity (Wildman–Crippen MR) is 88.0 cm³/mol. The van der Waals surface area contributed by atoms with E-state index in [0.29, 0.717) is 25.3 Å². The van der Waals surface area contributed by atoms with Gasteiger partial charge < -0.3 is 19.5 Å². The SMILES string of the molecule is COCc1cccc(C(=O)NCCOc2ccc(OC)cc2)c1. The smallest absolute Gasteiger partial charge is 0.251 e. The second kappa shape index (κ2) is 8.80. The van der Waals surface area contributed by atoms with Crippen LogP contribution in [0.25, 0.3) is 0 Å². The van der Waals surface area contributed by atoms with Gasteiger partial charge in [0.05, 0.1) is 20.3 Å². The molecule has 1 amide bonds. The zero-order valence-corrected chi connectivity index (χ0v) is 13.4. The van der Waals surface area contributed by atoms with Gasteiger partial charge in [-0.05, 0) is 42.0 Å². The molecule has 0 aliphatic carbocycles. The Balaban J connectivity index is 1.76. The maximum atomic E-state index is 12.1. The molecular weight excluding hydrogens is 294 g/mol. The maximum Gasteiger partial charge on any atom is 0.251 e. The first-order valence-corrected chi connectivity index (χ1v) is 7.36. The molecular formula is C18H21NO4. The third-order valence-electron chi connectivity index (χ3n) is 3.22. The fraction of sp³-hybridized carbons (Fsp3) is 0.278. The van der Waals surface area contributed by atoms with Crippen molar-refractivity contribution in [2.24, 2.45) is 0 Å². The molecule has 5 heteroatoms. The zero-order valence-electron chi connectivity index (χ0n) is 13.4. The lowest BCUT2D eigenvalue weighted by Gasteiger charge is -2.09. The molecule has 1 N–H and O–H groups in total. The summed E-state index contributed by atoms with van der Waals surface area (Å²) >= 11 is 0. The molecule has 0 heterocycles. The van der Waals surface area contributed by atoms with Gasteiger partial charge in [0.15, 0.2) is 0 Å². The number of rotatable bonds is 8. The summed E-state index contributed by atoms with van der Waals surface area (Å²) in [6.07, 6.45) is 0. The summed E-state index contributed by atoms with van der Waals surface area (Å²) in [5.74, 6) is 1.39. The van der Waals surface area contributed by atoms with E-state index >= 15 is 0 Å². The van der Waals surface area contributed by atoms with Crippen molar-refractivity contribution in [2.75, 3.05) is 27.4 Å².